The number of rotatable bonds is 4. The number of carboxylic acids is 1. The fourth-order valence-electron chi connectivity index (χ4n) is 1.80. The fourth-order valence-corrected chi connectivity index (χ4v) is 2.16. The Labute approximate surface area is 103 Å². The van der Waals surface area contributed by atoms with Gasteiger partial charge in [-0.05, 0) is 37.0 Å². The number of hydrogen-bond donors (Lipinski definition) is 2. The van der Waals surface area contributed by atoms with Crippen molar-refractivity contribution in [2.45, 2.75) is 13.3 Å². The highest BCUT2D eigenvalue weighted by Crippen LogP contribution is 2.38. The molecule has 0 aliphatic heterocycles. The van der Waals surface area contributed by atoms with Crippen LogP contribution in [0.3, 0.4) is 0 Å². The van der Waals surface area contributed by atoms with Crippen molar-refractivity contribution in [3.8, 4) is 0 Å². The molecule has 0 amide bonds. The molecule has 0 bridgehead atoms. The highest BCUT2D eigenvalue weighted by atomic mass is 79.9. The summed E-state index contributed by atoms with van der Waals surface area (Å²) in [5, 5.41) is 12.1. The molecule has 1 fully saturated rings. The van der Waals surface area contributed by atoms with Crippen molar-refractivity contribution in [3.63, 3.8) is 0 Å². The molecule has 0 heterocycles. The Morgan fingerprint density at radius 2 is 2.38 bits per heavy atom. The lowest BCUT2D eigenvalue weighted by atomic mass is 10.2. The summed E-state index contributed by atoms with van der Waals surface area (Å²) in [6, 6.07) is 6.05. The van der Waals surface area contributed by atoms with Gasteiger partial charge in [0.1, 0.15) is 0 Å². The van der Waals surface area contributed by atoms with Gasteiger partial charge in [-0.25, -0.2) is 0 Å². The molecule has 0 saturated heterocycles. The Hall–Kier alpha value is -1.03. The number of hydrogen-bond acceptors (Lipinski definition) is 2. The van der Waals surface area contributed by atoms with E-state index in [2.05, 4.69) is 21.2 Å². The summed E-state index contributed by atoms with van der Waals surface area (Å²) in [6.45, 7) is 2.78. The number of benzene rings is 1. The molecule has 16 heavy (non-hydrogen) atoms. The van der Waals surface area contributed by atoms with Gasteiger partial charge in [-0.2, -0.15) is 0 Å². The topological polar surface area (TPSA) is 49.3 Å². The standard InChI is InChI=1S/C12H14BrNO2/c1-7-2-3-9(13)5-11(7)14-6-8-4-10(8)12(15)16/h2-3,5,8,10,14H,4,6H2,1H3,(H,15,16). The second kappa shape index (κ2) is 4.45. The van der Waals surface area contributed by atoms with Crippen LogP contribution < -0.4 is 5.32 Å². The molecule has 1 saturated carbocycles. The van der Waals surface area contributed by atoms with Crippen molar-refractivity contribution in [1.29, 1.82) is 0 Å². The van der Waals surface area contributed by atoms with Gasteiger partial charge >= 0.3 is 5.97 Å². The molecule has 0 radical (unpaired) electrons. The monoisotopic (exact) mass is 283 g/mol. The van der Waals surface area contributed by atoms with E-state index < -0.39 is 5.97 Å². The first kappa shape index (κ1) is 11.5. The lowest BCUT2D eigenvalue weighted by molar-refractivity contribution is -0.138. The summed E-state index contributed by atoms with van der Waals surface area (Å²) in [5.74, 6) is -0.520. The molecule has 86 valence electrons. The van der Waals surface area contributed by atoms with Gasteiger partial charge in [-0.1, -0.05) is 22.0 Å². The highest BCUT2D eigenvalue weighted by molar-refractivity contribution is 9.10. The van der Waals surface area contributed by atoms with Crippen molar-refractivity contribution >= 4 is 27.6 Å². The molecule has 2 rings (SSSR count). The largest absolute Gasteiger partial charge is 0.481 e. The minimum absolute atomic E-state index is 0.139. The number of carboxylic acid groups (broad SMARTS) is 1. The van der Waals surface area contributed by atoms with E-state index in [1.54, 1.807) is 0 Å². The van der Waals surface area contributed by atoms with Crippen molar-refractivity contribution in [2.24, 2.45) is 11.8 Å². The maximum Gasteiger partial charge on any atom is 0.306 e. The van der Waals surface area contributed by atoms with E-state index >= 15 is 0 Å². The molecule has 2 N–H and O–H groups in total. The van der Waals surface area contributed by atoms with Crippen LogP contribution in [-0.2, 0) is 4.79 Å². The molecule has 3 nitrogen and oxygen atoms in total. The van der Waals surface area contributed by atoms with Gasteiger partial charge in [0.2, 0.25) is 0 Å². The summed E-state index contributed by atoms with van der Waals surface area (Å²) in [6.07, 6.45) is 0.801. The van der Waals surface area contributed by atoms with E-state index in [4.69, 9.17) is 5.11 Å². The minimum Gasteiger partial charge on any atom is -0.481 e. The van der Waals surface area contributed by atoms with Crippen LogP contribution in [-0.4, -0.2) is 17.6 Å². The Morgan fingerprint density at radius 3 is 3.00 bits per heavy atom. The predicted octanol–water partition coefficient (Wildman–Crippen LogP) is 2.89. The SMILES string of the molecule is Cc1ccc(Br)cc1NCC1CC1C(=O)O. The molecule has 2 unspecified atom stereocenters. The van der Waals surface area contributed by atoms with Crippen LogP contribution in [0.15, 0.2) is 22.7 Å². The van der Waals surface area contributed by atoms with Crippen molar-refractivity contribution in [1.82, 2.24) is 0 Å². The van der Waals surface area contributed by atoms with Gasteiger partial charge in [0.05, 0.1) is 5.92 Å². The summed E-state index contributed by atoms with van der Waals surface area (Å²) >= 11 is 3.42. The van der Waals surface area contributed by atoms with Gasteiger partial charge < -0.3 is 10.4 Å². The van der Waals surface area contributed by atoms with Crippen LogP contribution in [0.5, 0.6) is 0 Å². The molecular formula is C12H14BrNO2. The van der Waals surface area contributed by atoms with Crippen molar-refractivity contribution < 1.29 is 9.90 Å². The molecule has 4 heteroatoms. The Morgan fingerprint density at radius 1 is 1.62 bits per heavy atom. The Balaban J connectivity index is 1.91. The van der Waals surface area contributed by atoms with Crippen LogP contribution in [0.1, 0.15) is 12.0 Å². The zero-order chi connectivity index (χ0) is 11.7. The van der Waals surface area contributed by atoms with E-state index in [0.717, 1.165) is 23.1 Å². The summed E-state index contributed by atoms with van der Waals surface area (Å²) in [5.41, 5.74) is 2.25. The third kappa shape index (κ3) is 2.55. The number of carbonyl (C=O) groups is 1. The van der Waals surface area contributed by atoms with Gasteiger partial charge in [0.25, 0.3) is 0 Å². The molecule has 1 aliphatic carbocycles. The first-order valence-corrected chi connectivity index (χ1v) is 6.10. The molecule has 1 aromatic rings. The van der Waals surface area contributed by atoms with Gasteiger partial charge in [-0.15, -0.1) is 0 Å². The predicted molar refractivity (Wildman–Crippen MR) is 66.6 cm³/mol. The van der Waals surface area contributed by atoms with E-state index in [-0.39, 0.29) is 11.8 Å². The smallest absolute Gasteiger partial charge is 0.306 e. The summed E-state index contributed by atoms with van der Waals surface area (Å²) < 4.78 is 1.03. The maximum absolute atomic E-state index is 10.7. The van der Waals surface area contributed by atoms with E-state index in [9.17, 15) is 4.79 Å². The first-order chi connectivity index (χ1) is 7.58. The fraction of sp³-hybridized carbons (Fsp3) is 0.417. The number of anilines is 1. The van der Waals surface area contributed by atoms with Crippen molar-refractivity contribution in [3.05, 3.63) is 28.2 Å². The molecule has 0 spiro atoms. The Kier molecular flexibility index (Phi) is 3.19. The lowest BCUT2D eigenvalue weighted by Crippen LogP contribution is -2.09. The molecule has 2 atom stereocenters. The van der Waals surface area contributed by atoms with Crippen LogP contribution >= 0.6 is 15.9 Å². The summed E-state index contributed by atoms with van der Waals surface area (Å²) in [7, 11) is 0. The second-order valence-corrected chi connectivity index (χ2v) is 5.20. The average Bonchev–Trinajstić information content (AvgIpc) is 2.99. The zero-order valence-electron chi connectivity index (χ0n) is 9.03. The van der Waals surface area contributed by atoms with Gasteiger partial charge in [0, 0.05) is 16.7 Å². The number of aliphatic carboxylic acids is 1. The third-order valence-corrected chi connectivity index (χ3v) is 3.49. The molecular weight excluding hydrogens is 270 g/mol. The minimum atomic E-state index is -0.669. The van der Waals surface area contributed by atoms with E-state index in [0.29, 0.717) is 0 Å². The van der Waals surface area contributed by atoms with Gasteiger partial charge in [-0.3, -0.25) is 4.79 Å². The van der Waals surface area contributed by atoms with Crippen LogP contribution in [0, 0.1) is 18.8 Å². The maximum atomic E-state index is 10.7. The van der Waals surface area contributed by atoms with Crippen LogP contribution in [0.2, 0.25) is 0 Å². The average molecular weight is 284 g/mol. The first-order valence-electron chi connectivity index (χ1n) is 5.31. The van der Waals surface area contributed by atoms with E-state index in [1.807, 2.05) is 25.1 Å². The number of halogens is 1. The number of nitrogens with one attached hydrogen (secondary N) is 1. The number of aryl methyl sites for hydroxylation is 1. The lowest BCUT2D eigenvalue weighted by Gasteiger charge is -2.09. The zero-order valence-corrected chi connectivity index (χ0v) is 10.6. The molecule has 0 aromatic heterocycles. The molecule has 1 aromatic carbocycles. The van der Waals surface area contributed by atoms with Gasteiger partial charge in [0.15, 0.2) is 0 Å². The summed E-state index contributed by atoms with van der Waals surface area (Å²) in [4.78, 5) is 10.7. The Bertz CT molecular complexity index is 419. The van der Waals surface area contributed by atoms with Crippen LogP contribution in [0.4, 0.5) is 5.69 Å². The normalized spacial score (nSPS) is 22.9. The van der Waals surface area contributed by atoms with E-state index in [1.165, 1.54) is 5.56 Å². The highest BCUT2D eigenvalue weighted by Gasteiger charge is 2.42. The van der Waals surface area contributed by atoms with Crippen LogP contribution in [0.25, 0.3) is 0 Å². The molecule has 1 aliphatic rings. The van der Waals surface area contributed by atoms with Crippen molar-refractivity contribution in [2.75, 3.05) is 11.9 Å². The quantitative estimate of drug-likeness (QED) is 0.893. The second-order valence-electron chi connectivity index (χ2n) is 4.28. The third-order valence-electron chi connectivity index (χ3n) is 2.99.